The number of carbonyl (C=O) groups is 1. The second kappa shape index (κ2) is 6.47. The minimum absolute atomic E-state index is 0.0464. The number of alkyl halides is 2. The minimum atomic E-state index is -2.86. The van der Waals surface area contributed by atoms with E-state index in [2.05, 4.69) is 10.1 Å². The lowest BCUT2D eigenvalue weighted by Crippen LogP contribution is -2.39. The molecule has 0 radical (unpaired) electrons. The molecule has 1 unspecified atom stereocenters. The third kappa shape index (κ3) is 4.17. The van der Waals surface area contributed by atoms with E-state index in [0.717, 1.165) is 0 Å². The molecular weight excluding hydrogens is 254 g/mol. The van der Waals surface area contributed by atoms with Crippen molar-refractivity contribution >= 4 is 11.6 Å². The van der Waals surface area contributed by atoms with Gasteiger partial charge in [0.05, 0.1) is 5.41 Å². The van der Waals surface area contributed by atoms with E-state index in [-0.39, 0.29) is 18.2 Å². The number of halogens is 2. The predicted octanol–water partition coefficient (Wildman–Crippen LogP) is 2.60. The van der Waals surface area contributed by atoms with Gasteiger partial charge in [0.15, 0.2) is 0 Å². The van der Waals surface area contributed by atoms with Crippen molar-refractivity contribution in [2.75, 3.05) is 11.9 Å². The highest BCUT2D eigenvalue weighted by Crippen LogP contribution is 2.23. The Kier molecular flexibility index (Phi) is 5.23. The lowest BCUT2D eigenvalue weighted by molar-refractivity contribution is -0.124. The van der Waals surface area contributed by atoms with Gasteiger partial charge in [0.1, 0.15) is 5.75 Å². The van der Waals surface area contributed by atoms with E-state index in [1.807, 2.05) is 6.92 Å². The number of amides is 1. The Morgan fingerprint density at radius 3 is 2.42 bits per heavy atom. The molecule has 4 nitrogen and oxygen atoms in total. The predicted molar refractivity (Wildman–Crippen MR) is 69.2 cm³/mol. The SMILES string of the molecule is CCC(C)(CN)C(=O)Nc1ccc(OC(F)F)cc1. The average molecular weight is 272 g/mol. The van der Waals surface area contributed by atoms with Crippen LogP contribution in [0.5, 0.6) is 5.75 Å². The number of benzene rings is 1. The van der Waals surface area contributed by atoms with Crippen LogP contribution in [-0.2, 0) is 4.79 Å². The summed E-state index contributed by atoms with van der Waals surface area (Å²) in [6.45, 7) is 1.03. The zero-order valence-corrected chi connectivity index (χ0v) is 11.0. The van der Waals surface area contributed by atoms with Gasteiger partial charge in [-0.1, -0.05) is 6.92 Å². The van der Waals surface area contributed by atoms with E-state index >= 15 is 0 Å². The quantitative estimate of drug-likeness (QED) is 0.836. The fourth-order valence-electron chi connectivity index (χ4n) is 1.40. The largest absolute Gasteiger partial charge is 0.435 e. The number of anilines is 1. The summed E-state index contributed by atoms with van der Waals surface area (Å²) in [5.74, 6) is -0.148. The van der Waals surface area contributed by atoms with Crippen molar-refractivity contribution < 1.29 is 18.3 Å². The standard InChI is InChI=1S/C13H18F2N2O2/c1-3-13(2,8-16)11(18)17-9-4-6-10(7-5-9)19-12(14)15/h4-7,12H,3,8,16H2,1-2H3,(H,17,18). The highest BCUT2D eigenvalue weighted by Gasteiger charge is 2.29. The molecule has 3 N–H and O–H groups in total. The Morgan fingerprint density at radius 2 is 2.00 bits per heavy atom. The summed E-state index contributed by atoms with van der Waals surface area (Å²) in [5, 5.41) is 2.70. The van der Waals surface area contributed by atoms with Crippen molar-refractivity contribution in [2.45, 2.75) is 26.9 Å². The highest BCUT2D eigenvalue weighted by atomic mass is 19.3. The third-order valence-electron chi connectivity index (χ3n) is 3.12. The molecular formula is C13H18F2N2O2. The second-order valence-corrected chi connectivity index (χ2v) is 4.48. The van der Waals surface area contributed by atoms with Crippen molar-refractivity contribution in [1.29, 1.82) is 0 Å². The summed E-state index contributed by atoms with van der Waals surface area (Å²) in [7, 11) is 0. The van der Waals surface area contributed by atoms with Gasteiger partial charge in [-0.05, 0) is 37.6 Å². The second-order valence-electron chi connectivity index (χ2n) is 4.48. The van der Waals surface area contributed by atoms with Crippen molar-refractivity contribution in [3.8, 4) is 5.75 Å². The summed E-state index contributed by atoms with van der Waals surface area (Å²) in [5.41, 5.74) is 5.46. The number of nitrogens with one attached hydrogen (secondary N) is 1. The van der Waals surface area contributed by atoms with Gasteiger partial charge in [-0.25, -0.2) is 0 Å². The zero-order chi connectivity index (χ0) is 14.5. The number of ether oxygens (including phenoxy) is 1. The molecule has 0 saturated carbocycles. The first-order valence-corrected chi connectivity index (χ1v) is 5.97. The van der Waals surface area contributed by atoms with Gasteiger partial charge in [-0.2, -0.15) is 8.78 Å². The maximum atomic E-state index is 12.0. The molecule has 19 heavy (non-hydrogen) atoms. The Bertz CT molecular complexity index is 417. The molecule has 0 aromatic heterocycles. The Morgan fingerprint density at radius 1 is 1.42 bits per heavy atom. The number of rotatable bonds is 6. The number of nitrogens with two attached hydrogens (primary N) is 1. The van der Waals surface area contributed by atoms with E-state index in [9.17, 15) is 13.6 Å². The lowest BCUT2D eigenvalue weighted by atomic mass is 9.86. The van der Waals surface area contributed by atoms with Crippen molar-refractivity contribution in [3.63, 3.8) is 0 Å². The van der Waals surface area contributed by atoms with Crippen LogP contribution in [0.3, 0.4) is 0 Å². The van der Waals surface area contributed by atoms with Gasteiger partial charge in [-0.15, -0.1) is 0 Å². The minimum Gasteiger partial charge on any atom is -0.435 e. The van der Waals surface area contributed by atoms with Crippen molar-refractivity contribution in [3.05, 3.63) is 24.3 Å². The molecule has 1 aromatic rings. The van der Waals surface area contributed by atoms with E-state index in [1.54, 1.807) is 6.92 Å². The third-order valence-corrected chi connectivity index (χ3v) is 3.12. The summed E-state index contributed by atoms with van der Waals surface area (Å²) < 4.78 is 28.2. The Hall–Kier alpha value is -1.69. The van der Waals surface area contributed by atoms with Crippen LogP contribution in [0, 0.1) is 5.41 Å². The topological polar surface area (TPSA) is 64.4 Å². The monoisotopic (exact) mass is 272 g/mol. The van der Waals surface area contributed by atoms with Crippen molar-refractivity contribution in [2.24, 2.45) is 11.1 Å². The average Bonchev–Trinajstić information content (AvgIpc) is 2.39. The van der Waals surface area contributed by atoms with E-state index in [1.165, 1.54) is 24.3 Å². The molecule has 0 heterocycles. The molecule has 0 aliphatic heterocycles. The molecule has 6 heteroatoms. The normalized spacial score (nSPS) is 14.0. The zero-order valence-electron chi connectivity index (χ0n) is 11.0. The first-order valence-electron chi connectivity index (χ1n) is 5.97. The van der Waals surface area contributed by atoms with Crippen LogP contribution in [0.25, 0.3) is 0 Å². The number of carbonyl (C=O) groups excluding carboxylic acids is 1. The van der Waals surface area contributed by atoms with Gasteiger partial charge in [0.25, 0.3) is 0 Å². The van der Waals surface area contributed by atoms with Crippen LogP contribution in [0.15, 0.2) is 24.3 Å². The van der Waals surface area contributed by atoms with Crippen LogP contribution in [-0.4, -0.2) is 19.1 Å². The van der Waals surface area contributed by atoms with Gasteiger partial charge in [-0.3, -0.25) is 4.79 Å². The van der Waals surface area contributed by atoms with E-state index in [4.69, 9.17) is 5.73 Å². The molecule has 0 spiro atoms. The molecule has 0 aliphatic rings. The molecule has 0 bridgehead atoms. The van der Waals surface area contributed by atoms with Crippen LogP contribution in [0.1, 0.15) is 20.3 Å². The molecule has 1 rings (SSSR count). The van der Waals surface area contributed by atoms with Gasteiger partial charge in [0.2, 0.25) is 5.91 Å². The molecule has 0 fully saturated rings. The fourth-order valence-corrected chi connectivity index (χ4v) is 1.40. The molecule has 1 amide bonds. The van der Waals surface area contributed by atoms with E-state index in [0.29, 0.717) is 12.1 Å². The molecule has 0 saturated heterocycles. The number of hydrogen-bond acceptors (Lipinski definition) is 3. The summed E-state index contributed by atoms with van der Waals surface area (Å²) in [4.78, 5) is 12.0. The van der Waals surface area contributed by atoms with Gasteiger partial charge in [0, 0.05) is 12.2 Å². The van der Waals surface area contributed by atoms with Crippen LogP contribution in [0.2, 0.25) is 0 Å². The molecule has 0 aliphatic carbocycles. The van der Waals surface area contributed by atoms with Gasteiger partial charge < -0.3 is 15.8 Å². The summed E-state index contributed by atoms with van der Waals surface area (Å²) in [6, 6.07) is 5.74. The fraction of sp³-hybridized carbons (Fsp3) is 0.462. The highest BCUT2D eigenvalue weighted by molar-refractivity contribution is 5.95. The van der Waals surface area contributed by atoms with Crippen molar-refractivity contribution in [1.82, 2.24) is 0 Å². The first-order chi connectivity index (χ1) is 8.91. The molecule has 106 valence electrons. The smallest absolute Gasteiger partial charge is 0.387 e. The summed E-state index contributed by atoms with van der Waals surface area (Å²) in [6.07, 6.45) is 0.613. The summed E-state index contributed by atoms with van der Waals surface area (Å²) >= 11 is 0. The maximum absolute atomic E-state index is 12.0. The van der Waals surface area contributed by atoms with E-state index < -0.39 is 12.0 Å². The Labute approximate surface area is 110 Å². The molecule has 1 aromatic carbocycles. The first kappa shape index (κ1) is 15.4. The van der Waals surface area contributed by atoms with Crippen LogP contribution >= 0.6 is 0 Å². The molecule has 1 atom stereocenters. The number of hydrogen-bond donors (Lipinski definition) is 2. The lowest BCUT2D eigenvalue weighted by Gasteiger charge is -2.24. The maximum Gasteiger partial charge on any atom is 0.387 e. The van der Waals surface area contributed by atoms with Crippen LogP contribution in [0.4, 0.5) is 14.5 Å². The Balaban J connectivity index is 2.70. The van der Waals surface area contributed by atoms with Gasteiger partial charge >= 0.3 is 6.61 Å². The van der Waals surface area contributed by atoms with Crippen LogP contribution < -0.4 is 15.8 Å².